The first-order chi connectivity index (χ1) is 7.90. The summed E-state index contributed by atoms with van der Waals surface area (Å²) >= 11 is 0. The Hall–Kier alpha value is -2.38. The standard InChI is InChI=1S/C9H11N3O5/c1-5(9(16)17)10-7(14)4-12-8(15)3-2-6(13)11-12/h2-3,5H,4H2,1H3,(H,10,14)(H,11,13)(H,16,17)/t5-/m0/s1. The predicted octanol–water partition coefficient (Wildman–Crippen LogP) is -1.87. The highest BCUT2D eigenvalue weighted by Crippen LogP contribution is 1.82. The van der Waals surface area contributed by atoms with Crippen LogP contribution in [0.2, 0.25) is 0 Å². The lowest BCUT2D eigenvalue weighted by atomic mass is 10.3. The Kier molecular flexibility index (Phi) is 3.81. The maximum Gasteiger partial charge on any atom is 0.325 e. The number of carbonyl (C=O) groups excluding carboxylic acids is 1. The molecule has 0 fully saturated rings. The van der Waals surface area contributed by atoms with Crippen LogP contribution in [0, 0.1) is 0 Å². The number of nitrogens with one attached hydrogen (secondary N) is 2. The van der Waals surface area contributed by atoms with Gasteiger partial charge < -0.3 is 10.4 Å². The lowest BCUT2D eigenvalue weighted by Gasteiger charge is -2.09. The molecule has 8 nitrogen and oxygen atoms in total. The minimum Gasteiger partial charge on any atom is -0.480 e. The van der Waals surface area contributed by atoms with Crippen LogP contribution in [0.4, 0.5) is 0 Å². The summed E-state index contributed by atoms with van der Waals surface area (Å²) in [6.45, 7) is 0.850. The van der Waals surface area contributed by atoms with E-state index < -0.39 is 35.6 Å². The molecule has 0 unspecified atom stereocenters. The summed E-state index contributed by atoms with van der Waals surface area (Å²) < 4.78 is 0.798. The van der Waals surface area contributed by atoms with E-state index in [1.165, 1.54) is 6.92 Å². The fourth-order valence-corrected chi connectivity index (χ4v) is 1.07. The molecule has 1 heterocycles. The Bertz CT molecular complexity index is 544. The van der Waals surface area contributed by atoms with Crippen molar-refractivity contribution in [1.82, 2.24) is 15.1 Å². The van der Waals surface area contributed by atoms with Crippen LogP contribution >= 0.6 is 0 Å². The lowest BCUT2D eigenvalue weighted by molar-refractivity contribution is -0.141. The zero-order valence-corrected chi connectivity index (χ0v) is 8.97. The van der Waals surface area contributed by atoms with Crippen molar-refractivity contribution in [3.8, 4) is 0 Å². The molecule has 3 N–H and O–H groups in total. The van der Waals surface area contributed by atoms with E-state index in [1.807, 2.05) is 0 Å². The van der Waals surface area contributed by atoms with Crippen molar-refractivity contribution in [1.29, 1.82) is 0 Å². The Morgan fingerprint density at radius 1 is 1.47 bits per heavy atom. The van der Waals surface area contributed by atoms with Crippen molar-refractivity contribution in [2.75, 3.05) is 0 Å². The number of amides is 1. The summed E-state index contributed by atoms with van der Waals surface area (Å²) in [6, 6.07) is 0.997. The molecule has 92 valence electrons. The molecule has 1 amide bonds. The van der Waals surface area contributed by atoms with Gasteiger partial charge in [-0.2, -0.15) is 0 Å². The number of hydrogen-bond donors (Lipinski definition) is 3. The summed E-state index contributed by atoms with van der Waals surface area (Å²) in [5, 5.41) is 12.9. The van der Waals surface area contributed by atoms with Gasteiger partial charge in [0.05, 0.1) is 0 Å². The second kappa shape index (κ2) is 5.10. The van der Waals surface area contributed by atoms with Crippen molar-refractivity contribution in [2.45, 2.75) is 19.5 Å². The van der Waals surface area contributed by atoms with Gasteiger partial charge in [-0.05, 0) is 6.92 Å². The Morgan fingerprint density at radius 2 is 2.12 bits per heavy atom. The highest BCUT2D eigenvalue weighted by Gasteiger charge is 2.14. The number of carbonyl (C=O) groups is 2. The molecule has 1 aromatic heterocycles. The average molecular weight is 241 g/mol. The third-order valence-electron chi connectivity index (χ3n) is 1.94. The van der Waals surface area contributed by atoms with E-state index in [0.29, 0.717) is 0 Å². The lowest BCUT2D eigenvalue weighted by Crippen LogP contribution is -2.42. The quantitative estimate of drug-likeness (QED) is 0.570. The van der Waals surface area contributed by atoms with Crippen LogP contribution in [-0.4, -0.2) is 32.8 Å². The van der Waals surface area contributed by atoms with Crippen LogP contribution in [0.15, 0.2) is 21.7 Å². The molecule has 17 heavy (non-hydrogen) atoms. The number of rotatable bonds is 4. The fraction of sp³-hybridized carbons (Fsp3) is 0.333. The van der Waals surface area contributed by atoms with Crippen molar-refractivity contribution in [3.05, 3.63) is 32.8 Å². The van der Waals surface area contributed by atoms with Gasteiger partial charge in [-0.1, -0.05) is 0 Å². The predicted molar refractivity (Wildman–Crippen MR) is 56.6 cm³/mol. The van der Waals surface area contributed by atoms with E-state index in [1.54, 1.807) is 0 Å². The van der Waals surface area contributed by atoms with Crippen LogP contribution in [0.25, 0.3) is 0 Å². The van der Waals surface area contributed by atoms with E-state index in [2.05, 4.69) is 10.4 Å². The van der Waals surface area contributed by atoms with Crippen molar-refractivity contribution >= 4 is 11.9 Å². The van der Waals surface area contributed by atoms with Crippen LogP contribution in [0.5, 0.6) is 0 Å². The first-order valence-electron chi connectivity index (χ1n) is 4.72. The molecule has 1 aromatic rings. The monoisotopic (exact) mass is 241 g/mol. The largest absolute Gasteiger partial charge is 0.480 e. The molecule has 0 aliphatic heterocycles. The van der Waals surface area contributed by atoms with Gasteiger partial charge >= 0.3 is 5.97 Å². The number of hydrogen-bond acceptors (Lipinski definition) is 4. The smallest absolute Gasteiger partial charge is 0.325 e. The summed E-state index contributed by atoms with van der Waals surface area (Å²) in [4.78, 5) is 43.9. The molecule has 0 aromatic carbocycles. The van der Waals surface area contributed by atoms with Crippen LogP contribution in [-0.2, 0) is 16.1 Å². The van der Waals surface area contributed by atoms with E-state index in [-0.39, 0.29) is 0 Å². The minimum absolute atomic E-state index is 0.438. The summed E-state index contributed by atoms with van der Waals surface area (Å²) in [6.07, 6.45) is 0. The van der Waals surface area contributed by atoms with E-state index in [0.717, 1.165) is 16.8 Å². The van der Waals surface area contributed by atoms with Crippen LogP contribution in [0.1, 0.15) is 6.92 Å². The number of aliphatic carboxylic acids is 1. The van der Waals surface area contributed by atoms with Gasteiger partial charge in [0.15, 0.2) is 0 Å². The highest BCUT2D eigenvalue weighted by atomic mass is 16.4. The first-order valence-corrected chi connectivity index (χ1v) is 4.72. The van der Waals surface area contributed by atoms with Crippen LogP contribution in [0.3, 0.4) is 0 Å². The molecule has 1 atom stereocenters. The topological polar surface area (TPSA) is 121 Å². The number of nitrogens with zero attached hydrogens (tertiary/aromatic N) is 1. The molecule has 8 heteroatoms. The summed E-state index contributed by atoms with van der Waals surface area (Å²) in [5.74, 6) is -1.86. The minimum atomic E-state index is -1.19. The molecular formula is C9H11N3O5. The molecule has 0 radical (unpaired) electrons. The molecule has 0 bridgehead atoms. The number of H-pyrrole nitrogens is 1. The number of aromatic amines is 1. The highest BCUT2D eigenvalue weighted by molar-refractivity contribution is 5.82. The van der Waals surface area contributed by atoms with Gasteiger partial charge in [0, 0.05) is 12.1 Å². The fourth-order valence-electron chi connectivity index (χ4n) is 1.07. The van der Waals surface area contributed by atoms with E-state index in [4.69, 9.17) is 5.11 Å². The normalized spacial score (nSPS) is 11.8. The zero-order chi connectivity index (χ0) is 13.0. The van der Waals surface area contributed by atoms with Crippen LogP contribution < -0.4 is 16.4 Å². The number of carboxylic acid groups (broad SMARTS) is 1. The molecule has 0 spiro atoms. The van der Waals surface area contributed by atoms with E-state index >= 15 is 0 Å². The Morgan fingerprint density at radius 3 is 2.71 bits per heavy atom. The number of carboxylic acids is 1. The van der Waals surface area contributed by atoms with Gasteiger partial charge in [-0.25, -0.2) is 4.68 Å². The molecule has 1 rings (SSSR count). The van der Waals surface area contributed by atoms with Crippen molar-refractivity contribution < 1.29 is 14.7 Å². The average Bonchev–Trinajstić information content (AvgIpc) is 2.23. The summed E-state index contributed by atoms with van der Waals surface area (Å²) in [5.41, 5.74) is -1.08. The molecule has 0 saturated carbocycles. The number of aromatic nitrogens is 2. The third-order valence-corrected chi connectivity index (χ3v) is 1.94. The first kappa shape index (κ1) is 12.7. The maximum absolute atomic E-state index is 11.3. The molecule has 0 aliphatic rings. The summed E-state index contributed by atoms with van der Waals surface area (Å²) in [7, 11) is 0. The second-order valence-corrected chi connectivity index (χ2v) is 3.36. The third kappa shape index (κ3) is 3.59. The Labute approximate surface area is 94.9 Å². The van der Waals surface area contributed by atoms with E-state index in [9.17, 15) is 19.2 Å². The second-order valence-electron chi connectivity index (χ2n) is 3.36. The van der Waals surface area contributed by atoms with Gasteiger partial charge in [0.2, 0.25) is 5.91 Å². The molecular weight excluding hydrogens is 230 g/mol. The Balaban J connectivity index is 2.75. The SMILES string of the molecule is C[C@H](NC(=O)Cn1[nH]c(=O)ccc1=O)C(=O)O. The van der Waals surface area contributed by atoms with Gasteiger partial charge in [0.1, 0.15) is 12.6 Å². The zero-order valence-electron chi connectivity index (χ0n) is 8.97. The van der Waals surface area contributed by atoms with Crippen molar-refractivity contribution in [3.63, 3.8) is 0 Å². The van der Waals surface area contributed by atoms with Gasteiger partial charge in [-0.15, -0.1) is 0 Å². The molecule has 0 saturated heterocycles. The molecule has 0 aliphatic carbocycles. The van der Waals surface area contributed by atoms with Gasteiger partial charge in [0.25, 0.3) is 11.1 Å². The van der Waals surface area contributed by atoms with Crippen molar-refractivity contribution in [2.24, 2.45) is 0 Å². The maximum atomic E-state index is 11.3. The van der Waals surface area contributed by atoms with Gasteiger partial charge in [-0.3, -0.25) is 24.3 Å².